The van der Waals surface area contributed by atoms with Crippen LogP contribution in [0, 0.1) is 0 Å². The lowest BCUT2D eigenvalue weighted by molar-refractivity contribution is 0.128. The van der Waals surface area contributed by atoms with Crippen LogP contribution in [0.1, 0.15) is 30.7 Å². The Morgan fingerprint density at radius 2 is 2.32 bits per heavy atom. The normalized spacial score (nSPS) is 12.4. The van der Waals surface area contributed by atoms with E-state index < -0.39 is 0 Å². The number of anilines is 1. The van der Waals surface area contributed by atoms with Crippen LogP contribution in [0.15, 0.2) is 17.6 Å². The zero-order chi connectivity index (χ0) is 13.7. The number of nitrogens with one attached hydrogen (secondary N) is 1. The number of thiazole rings is 1. The molecule has 0 aliphatic rings. The molecule has 1 unspecified atom stereocenters. The van der Waals surface area contributed by atoms with Gasteiger partial charge in [0, 0.05) is 24.3 Å². The van der Waals surface area contributed by atoms with Crippen molar-refractivity contribution >= 4 is 28.8 Å². The summed E-state index contributed by atoms with van der Waals surface area (Å²) in [4.78, 5) is 12.7. The van der Waals surface area contributed by atoms with Crippen molar-refractivity contribution in [3.05, 3.63) is 33.6 Å². The molecule has 0 aromatic carbocycles. The van der Waals surface area contributed by atoms with E-state index in [0.29, 0.717) is 30.0 Å². The molecule has 0 amide bonds. The third-order valence-corrected chi connectivity index (χ3v) is 3.51. The SMILES string of the molecule is CCOCc1nc(Cl)cc(NC(C)c2nccs2)n1. The highest BCUT2D eigenvalue weighted by Crippen LogP contribution is 2.21. The Kier molecular flexibility index (Phi) is 5.07. The Bertz CT molecular complexity index is 520. The lowest BCUT2D eigenvalue weighted by Gasteiger charge is -2.12. The molecule has 1 N–H and O–H groups in total. The molecule has 0 saturated heterocycles. The Morgan fingerprint density at radius 1 is 1.47 bits per heavy atom. The lowest BCUT2D eigenvalue weighted by atomic mass is 10.3. The summed E-state index contributed by atoms with van der Waals surface area (Å²) in [6.45, 7) is 4.93. The van der Waals surface area contributed by atoms with E-state index in [9.17, 15) is 0 Å². The number of hydrogen-bond acceptors (Lipinski definition) is 6. The van der Waals surface area contributed by atoms with Crippen LogP contribution in [0.4, 0.5) is 5.82 Å². The molecule has 0 saturated carbocycles. The molecule has 19 heavy (non-hydrogen) atoms. The quantitative estimate of drug-likeness (QED) is 0.829. The summed E-state index contributed by atoms with van der Waals surface area (Å²) < 4.78 is 5.29. The van der Waals surface area contributed by atoms with Crippen molar-refractivity contribution in [3.8, 4) is 0 Å². The van der Waals surface area contributed by atoms with E-state index in [1.54, 1.807) is 23.6 Å². The minimum absolute atomic E-state index is 0.0749. The van der Waals surface area contributed by atoms with Crippen LogP contribution >= 0.6 is 22.9 Å². The first-order chi connectivity index (χ1) is 9.19. The number of hydrogen-bond donors (Lipinski definition) is 1. The Labute approximate surface area is 121 Å². The summed E-state index contributed by atoms with van der Waals surface area (Å²) in [5, 5.41) is 6.61. The maximum absolute atomic E-state index is 5.98. The van der Waals surface area contributed by atoms with Gasteiger partial charge in [-0.1, -0.05) is 11.6 Å². The third kappa shape index (κ3) is 4.12. The molecular weight excluding hydrogens is 284 g/mol. The van der Waals surface area contributed by atoms with E-state index >= 15 is 0 Å². The minimum Gasteiger partial charge on any atom is -0.374 e. The van der Waals surface area contributed by atoms with Crippen LogP contribution in [-0.2, 0) is 11.3 Å². The first-order valence-corrected chi connectivity index (χ1v) is 7.22. The van der Waals surface area contributed by atoms with Crippen molar-refractivity contribution in [1.82, 2.24) is 15.0 Å². The fourth-order valence-electron chi connectivity index (χ4n) is 1.53. The van der Waals surface area contributed by atoms with Crippen LogP contribution in [0.3, 0.4) is 0 Å². The van der Waals surface area contributed by atoms with E-state index in [4.69, 9.17) is 16.3 Å². The average molecular weight is 299 g/mol. The predicted octanol–water partition coefficient (Wildman–Crippen LogP) is 3.30. The van der Waals surface area contributed by atoms with Crippen molar-refractivity contribution in [2.75, 3.05) is 11.9 Å². The van der Waals surface area contributed by atoms with E-state index in [1.165, 1.54) is 0 Å². The molecule has 2 heterocycles. The summed E-state index contributed by atoms with van der Waals surface area (Å²) >= 11 is 7.58. The molecule has 0 aliphatic carbocycles. The second-order valence-corrected chi connectivity index (χ2v) is 5.18. The van der Waals surface area contributed by atoms with Crippen molar-refractivity contribution in [1.29, 1.82) is 0 Å². The molecule has 2 aromatic rings. The summed E-state index contributed by atoms with van der Waals surface area (Å²) in [5.74, 6) is 1.25. The van der Waals surface area contributed by atoms with Crippen LogP contribution in [-0.4, -0.2) is 21.6 Å². The largest absolute Gasteiger partial charge is 0.374 e. The summed E-state index contributed by atoms with van der Waals surface area (Å²) in [6.07, 6.45) is 1.78. The first kappa shape index (κ1) is 14.2. The van der Waals surface area contributed by atoms with Crippen molar-refractivity contribution in [3.63, 3.8) is 0 Å². The van der Waals surface area contributed by atoms with Crippen LogP contribution in [0.2, 0.25) is 5.15 Å². The number of nitrogens with zero attached hydrogens (tertiary/aromatic N) is 3. The zero-order valence-corrected chi connectivity index (χ0v) is 12.3. The molecule has 7 heteroatoms. The maximum atomic E-state index is 5.98. The molecule has 0 radical (unpaired) electrons. The Morgan fingerprint density at radius 3 is 3.00 bits per heavy atom. The average Bonchev–Trinajstić information content (AvgIpc) is 2.89. The van der Waals surface area contributed by atoms with Crippen LogP contribution < -0.4 is 5.32 Å². The first-order valence-electron chi connectivity index (χ1n) is 5.96. The second kappa shape index (κ2) is 6.79. The number of halogens is 1. The van der Waals surface area contributed by atoms with Gasteiger partial charge in [0.2, 0.25) is 0 Å². The maximum Gasteiger partial charge on any atom is 0.158 e. The van der Waals surface area contributed by atoms with Gasteiger partial charge in [-0.25, -0.2) is 15.0 Å². The molecule has 2 rings (SSSR count). The number of rotatable bonds is 6. The van der Waals surface area contributed by atoms with E-state index in [0.717, 1.165) is 5.01 Å². The van der Waals surface area contributed by atoms with Gasteiger partial charge in [-0.3, -0.25) is 0 Å². The van der Waals surface area contributed by atoms with Gasteiger partial charge in [0.05, 0.1) is 6.04 Å². The minimum atomic E-state index is 0.0749. The monoisotopic (exact) mass is 298 g/mol. The van der Waals surface area contributed by atoms with Gasteiger partial charge in [0.25, 0.3) is 0 Å². The molecule has 0 fully saturated rings. The fraction of sp³-hybridized carbons (Fsp3) is 0.417. The summed E-state index contributed by atoms with van der Waals surface area (Å²) in [5.41, 5.74) is 0. The highest BCUT2D eigenvalue weighted by Gasteiger charge is 2.10. The van der Waals surface area contributed by atoms with E-state index in [2.05, 4.69) is 20.3 Å². The molecule has 0 aliphatic heterocycles. The van der Waals surface area contributed by atoms with E-state index in [1.807, 2.05) is 19.2 Å². The molecule has 0 bridgehead atoms. The highest BCUT2D eigenvalue weighted by atomic mass is 35.5. The van der Waals surface area contributed by atoms with Gasteiger partial charge in [-0.2, -0.15) is 0 Å². The van der Waals surface area contributed by atoms with Gasteiger partial charge in [0.15, 0.2) is 5.82 Å². The van der Waals surface area contributed by atoms with Crippen molar-refractivity contribution < 1.29 is 4.74 Å². The molecule has 1 atom stereocenters. The topological polar surface area (TPSA) is 59.9 Å². The van der Waals surface area contributed by atoms with Crippen molar-refractivity contribution in [2.45, 2.75) is 26.5 Å². The highest BCUT2D eigenvalue weighted by molar-refractivity contribution is 7.09. The second-order valence-electron chi connectivity index (χ2n) is 3.87. The van der Waals surface area contributed by atoms with Gasteiger partial charge < -0.3 is 10.1 Å². The number of ether oxygens (including phenoxy) is 1. The smallest absolute Gasteiger partial charge is 0.158 e. The Balaban J connectivity index is 2.09. The van der Waals surface area contributed by atoms with Gasteiger partial charge in [-0.15, -0.1) is 11.3 Å². The standard InChI is InChI=1S/C12H15ClN4OS/c1-3-18-7-11-16-9(13)6-10(17-11)15-8(2)12-14-4-5-19-12/h4-6,8H,3,7H2,1-2H3,(H,15,16,17). The fourth-order valence-corrected chi connectivity index (χ4v) is 2.38. The lowest BCUT2D eigenvalue weighted by Crippen LogP contribution is -2.10. The predicted molar refractivity (Wildman–Crippen MR) is 76.5 cm³/mol. The Hall–Kier alpha value is -1.24. The number of aromatic nitrogens is 3. The zero-order valence-electron chi connectivity index (χ0n) is 10.8. The van der Waals surface area contributed by atoms with Gasteiger partial charge in [0.1, 0.15) is 22.6 Å². The molecular formula is C12H15ClN4OS. The van der Waals surface area contributed by atoms with Crippen LogP contribution in [0.25, 0.3) is 0 Å². The molecule has 5 nitrogen and oxygen atoms in total. The summed E-state index contributed by atoms with van der Waals surface area (Å²) in [7, 11) is 0. The molecule has 2 aromatic heterocycles. The van der Waals surface area contributed by atoms with E-state index in [-0.39, 0.29) is 6.04 Å². The van der Waals surface area contributed by atoms with Gasteiger partial charge in [-0.05, 0) is 13.8 Å². The summed E-state index contributed by atoms with van der Waals surface area (Å²) in [6, 6.07) is 1.77. The molecule has 102 valence electrons. The van der Waals surface area contributed by atoms with Crippen LogP contribution in [0.5, 0.6) is 0 Å². The third-order valence-electron chi connectivity index (χ3n) is 2.36. The molecule has 0 spiro atoms. The van der Waals surface area contributed by atoms with Gasteiger partial charge >= 0.3 is 0 Å². The van der Waals surface area contributed by atoms with Crippen molar-refractivity contribution in [2.24, 2.45) is 0 Å².